The Morgan fingerprint density at radius 2 is 2.11 bits per heavy atom. The van der Waals surface area contributed by atoms with Gasteiger partial charge in [0, 0.05) is 17.3 Å². The standard InChI is InChI=1S/C11H13N3O2S2/c1-18(15,16)14-10-4-2-3-9(7-10)13-8-11-12-5-6-17-11/h2-7,13-14H,8H2,1H3. The lowest BCUT2D eigenvalue weighted by Crippen LogP contribution is -2.09. The number of aromatic nitrogens is 1. The summed E-state index contributed by atoms with van der Waals surface area (Å²) in [5.74, 6) is 0. The van der Waals surface area contributed by atoms with E-state index in [4.69, 9.17) is 0 Å². The summed E-state index contributed by atoms with van der Waals surface area (Å²) >= 11 is 1.57. The Kier molecular flexibility index (Phi) is 3.83. The molecular formula is C11H13N3O2S2. The smallest absolute Gasteiger partial charge is 0.229 e. The predicted molar refractivity (Wildman–Crippen MR) is 74.3 cm³/mol. The summed E-state index contributed by atoms with van der Waals surface area (Å²) in [7, 11) is -3.24. The van der Waals surface area contributed by atoms with E-state index in [0.717, 1.165) is 17.0 Å². The summed E-state index contributed by atoms with van der Waals surface area (Å²) in [5.41, 5.74) is 1.39. The Balaban J connectivity index is 2.03. The highest BCUT2D eigenvalue weighted by Gasteiger charge is 2.02. The summed E-state index contributed by atoms with van der Waals surface area (Å²) in [5, 5.41) is 6.08. The van der Waals surface area contributed by atoms with Gasteiger partial charge in [0.15, 0.2) is 0 Å². The highest BCUT2D eigenvalue weighted by Crippen LogP contribution is 2.17. The second kappa shape index (κ2) is 5.36. The number of rotatable bonds is 5. The molecule has 0 aliphatic carbocycles. The first-order valence-corrected chi connectivity index (χ1v) is 8.00. The van der Waals surface area contributed by atoms with Gasteiger partial charge in [-0.3, -0.25) is 4.72 Å². The molecule has 2 rings (SSSR count). The van der Waals surface area contributed by atoms with Gasteiger partial charge in [0.05, 0.1) is 18.5 Å². The lowest BCUT2D eigenvalue weighted by atomic mass is 10.3. The molecule has 0 fully saturated rings. The Morgan fingerprint density at radius 3 is 2.78 bits per heavy atom. The molecule has 1 heterocycles. The fraction of sp³-hybridized carbons (Fsp3) is 0.182. The molecule has 0 saturated heterocycles. The van der Waals surface area contributed by atoms with Crippen molar-refractivity contribution in [3.8, 4) is 0 Å². The molecule has 1 aromatic heterocycles. The van der Waals surface area contributed by atoms with Gasteiger partial charge in [-0.1, -0.05) is 6.07 Å². The maximum absolute atomic E-state index is 11.1. The number of sulfonamides is 1. The quantitative estimate of drug-likeness (QED) is 0.882. The molecule has 0 unspecified atom stereocenters. The van der Waals surface area contributed by atoms with Gasteiger partial charge >= 0.3 is 0 Å². The zero-order valence-electron chi connectivity index (χ0n) is 9.75. The van der Waals surface area contributed by atoms with Crippen LogP contribution >= 0.6 is 11.3 Å². The number of nitrogens with one attached hydrogen (secondary N) is 2. The van der Waals surface area contributed by atoms with Crippen molar-refractivity contribution in [3.63, 3.8) is 0 Å². The summed E-state index contributed by atoms with van der Waals surface area (Å²) < 4.78 is 24.7. The van der Waals surface area contributed by atoms with Crippen LogP contribution in [0.4, 0.5) is 11.4 Å². The van der Waals surface area contributed by atoms with Crippen molar-refractivity contribution in [1.29, 1.82) is 0 Å². The van der Waals surface area contributed by atoms with Crippen LogP contribution in [-0.2, 0) is 16.6 Å². The van der Waals surface area contributed by atoms with Gasteiger partial charge in [-0.25, -0.2) is 13.4 Å². The second-order valence-corrected chi connectivity index (χ2v) is 6.46. The Labute approximate surface area is 110 Å². The van der Waals surface area contributed by atoms with Gasteiger partial charge in [-0.2, -0.15) is 0 Å². The zero-order valence-corrected chi connectivity index (χ0v) is 11.4. The number of hydrogen-bond donors (Lipinski definition) is 2. The van der Waals surface area contributed by atoms with Crippen LogP contribution in [0.2, 0.25) is 0 Å². The van der Waals surface area contributed by atoms with E-state index < -0.39 is 10.0 Å². The van der Waals surface area contributed by atoms with Gasteiger partial charge in [-0.05, 0) is 18.2 Å². The molecule has 0 aliphatic heterocycles. The zero-order chi connectivity index (χ0) is 13.0. The van der Waals surface area contributed by atoms with Crippen molar-refractivity contribution in [2.75, 3.05) is 16.3 Å². The monoisotopic (exact) mass is 283 g/mol. The summed E-state index contributed by atoms with van der Waals surface area (Å²) in [6.07, 6.45) is 2.88. The molecule has 0 radical (unpaired) electrons. The molecule has 0 atom stereocenters. The molecule has 0 bridgehead atoms. The second-order valence-electron chi connectivity index (χ2n) is 3.73. The van der Waals surface area contributed by atoms with E-state index in [1.165, 1.54) is 0 Å². The van der Waals surface area contributed by atoms with Crippen molar-refractivity contribution < 1.29 is 8.42 Å². The molecule has 0 saturated carbocycles. The maximum Gasteiger partial charge on any atom is 0.229 e. The third-order valence-electron chi connectivity index (χ3n) is 2.09. The maximum atomic E-state index is 11.1. The van der Waals surface area contributed by atoms with E-state index in [-0.39, 0.29) is 0 Å². The number of benzene rings is 1. The minimum absolute atomic E-state index is 0.543. The topological polar surface area (TPSA) is 71.1 Å². The summed E-state index contributed by atoms with van der Waals surface area (Å²) in [4.78, 5) is 4.16. The van der Waals surface area contributed by atoms with Crippen molar-refractivity contribution in [2.24, 2.45) is 0 Å². The van der Waals surface area contributed by atoms with E-state index >= 15 is 0 Å². The molecular weight excluding hydrogens is 270 g/mol. The van der Waals surface area contributed by atoms with Gasteiger partial charge in [-0.15, -0.1) is 11.3 Å². The highest BCUT2D eigenvalue weighted by molar-refractivity contribution is 7.92. The minimum Gasteiger partial charge on any atom is -0.378 e. The van der Waals surface area contributed by atoms with Crippen LogP contribution in [0.25, 0.3) is 0 Å². The van der Waals surface area contributed by atoms with E-state index in [1.54, 1.807) is 35.7 Å². The van der Waals surface area contributed by atoms with E-state index in [0.29, 0.717) is 12.2 Å². The Bertz CT molecular complexity index is 609. The normalized spacial score (nSPS) is 11.2. The van der Waals surface area contributed by atoms with Gasteiger partial charge in [0.25, 0.3) is 0 Å². The minimum atomic E-state index is -3.24. The third-order valence-corrected chi connectivity index (χ3v) is 3.48. The first-order chi connectivity index (χ1) is 8.53. The van der Waals surface area contributed by atoms with Gasteiger partial charge < -0.3 is 5.32 Å². The van der Waals surface area contributed by atoms with Crippen LogP contribution in [0.3, 0.4) is 0 Å². The molecule has 5 nitrogen and oxygen atoms in total. The van der Waals surface area contributed by atoms with Crippen LogP contribution in [0.1, 0.15) is 5.01 Å². The fourth-order valence-corrected chi connectivity index (χ4v) is 2.54. The lowest BCUT2D eigenvalue weighted by molar-refractivity contribution is 0.607. The van der Waals surface area contributed by atoms with Gasteiger partial charge in [0.2, 0.25) is 10.0 Å². The van der Waals surface area contributed by atoms with Crippen LogP contribution in [-0.4, -0.2) is 19.7 Å². The highest BCUT2D eigenvalue weighted by atomic mass is 32.2. The SMILES string of the molecule is CS(=O)(=O)Nc1cccc(NCc2nccs2)c1. The van der Waals surface area contributed by atoms with Crippen molar-refractivity contribution in [1.82, 2.24) is 4.98 Å². The molecule has 2 aromatic rings. The Hall–Kier alpha value is -1.60. The van der Waals surface area contributed by atoms with Crippen molar-refractivity contribution >= 4 is 32.7 Å². The lowest BCUT2D eigenvalue weighted by Gasteiger charge is -2.08. The fourth-order valence-electron chi connectivity index (χ4n) is 1.42. The number of hydrogen-bond acceptors (Lipinski definition) is 5. The number of nitrogens with zero attached hydrogens (tertiary/aromatic N) is 1. The molecule has 18 heavy (non-hydrogen) atoms. The molecule has 7 heteroatoms. The molecule has 1 aromatic carbocycles. The molecule has 0 spiro atoms. The Morgan fingerprint density at radius 1 is 1.33 bits per heavy atom. The van der Waals surface area contributed by atoms with Gasteiger partial charge in [0.1, 0.15) is 5.01 Å². The van der Waals surface area contributed by atoms with Crippen LogP contribution in [0, 0.1) is 0 Å². The first kappa shape index (κ1) is 12.8. The van der Waals surface area contributed by atoms with E-state index in [2.05, 4.69) is 15.0 Å². The predicted octanol–water partition coefficient (Wildman–Crippen LogP) is 2.13. The largest absolute Gasteiger partial charge is 0.378 e. The number of thiazole rings is 1. The van der Waals surface area contributed by atoms with E-state index in [1.807, 2.05) is 11.4 Å². The van der Waals surface area contributed by atoms with Crippen molar-refractivity contribution in [3.05, 3.63) is 40.8 Å². The molecule has 0 aliphatic rings. The van der Waals surface area contributed by atoms with Crippen LogP contribution in [0.5, 0.6) is 0 Å². The molecule has 2 N–H and O–H groups in total. The van der Waals surface area contributed by atoms with Crippen LogP contribution in [0.15, 0.2) is 35.8 Å². The van der Waals surface area contributed by atoms with E-state index in [9.17, 15) is 8.42 Å². The molecule has 0 amide bonds. The summed E-state index contributed by atoms with van der Waals surface area (Å²) in [6.45, 7) is 0.625. The first-order valence-electron chi connectivity index (χ1n) is 5.23. The van der Waals surface area contributed by atoms with Crippen molar-refractivity contribution in [2.45, 2.75) is 6.54 Å². The van der Waals surface area contributed by atoms with Crippen LogP contribution < -0.4 is 10.0 Å². The summed E-state index contributed by atoms with van der Waals surface area (Å²) in [6, 6.07) is 7.11. The number of anilines is 2. The third kappa shape index (κ3) is 4.01. The average Bonchev–Trinajstić information content (AvgIpc) is 2.77. The molecule has 96 valence electrons. The average molecular weight is 283 g/mol.